The molecule has 0 heterocycles. The summed E-state index contributed by atoms with van der Waals surface area (Å²) in [5, 5.41) is 0. The van der Waals surface area contributed by atoms with Crippen molar-refractivity contribution in [3.8, 4) is 0 Å². The first-order chi connectivity index (χ1) is 8.84. The molecule has 0 bridgehead atoms. The highest BCUT2D eigenvalue weighted by Crippen LogP contribution is 2.13. The SMILES string of the molecule is N[C@H](CSCc1ccccc1)Cc1ccccc1. The van der Waals surface area contributed by atoms with Gasteiger partial charge in [-0.15, -0.1) is 0 Å². The van der Waals surface area contributed by atoms with Gasteiger partial charge in [0.05, 0.1) is 0 Å². The summed E-state index contributed by atoms with van der Waals surface area (Å²) in [5.41, 5.74) is 8.84. The van der Waals surface area contributed by atoms with Crippen molar-refractivity contribution in [2.75, 3.05) is 5.75 Å². The second-order valence-corrected chi connectivity index (χ2v) is 5.48. The van der Waals surface area contributed by atoms with Crippen LogP contribution in [0.5, 0.6) is 0 Å². The molecule has 0 aliphatic rings. The molecule has 1 nitrogen and oxygen atoms in total. The van der Waals surface area contributed by atoms with Gasteiger partial charge in [-0.25, -0.2) is 0 Å². The van der Waals surface area contributed by atoms with Gasteiger partial charge in [-0.2, -0.15) is 11.8 Å². The maximum atomic E-state index is 6.15. The lowest BCUT2D eigenvalue weighted by Gasteiger charge is -2.11. The van der Waals surface area contributed by atoms with Gasteiger partial charge in [0.2, 0.25) is 0 Å². The van der Waals surface area contributed by atoms with Crippen LogP contribution in [0.25, 0.3) is 0 Å². The van der Waals surface area contributed by atoms with Gasteiger partial charge in [0, 0.05) is 17.5 Å². The van der Waals surface area contributed by atoms with Crippen molar-refractivity contribution < 1.29 is 0 Å². The van der Waals surface area contributed by atoms with E-state index in [1.54, 1.807) is 0 Å². The summed E-state index contributed by atoms with van der Waals surface area (Å²) >= 11 is 1.91. The van der Waals surface area contributed by atoms with Crippen LogP contribution >= 0.6 is 11.8 Å². The molecule has 0 aliphatic carbocycles. The molecule has 18 heavy (non-hydrogen) atoms. The molecule has 2 aromatic carbocycles. The van der Waals surface area contributed by atoms with Gasteiger partial charge in [-0.1, -0.05) is 60.7 Å². The molecule has 0 amide bonds. The van der Waals surface area contributed by atoms with Crippen LogP contribution in [0.2, 0.25) is 0 Å². The Balaban J connectivity index is 1.71. The van der Waals surface area contributed by atoms with Crippen molar-refractivity contribution in [1.29, 1.82) is 0 Å². The lowest BCUT2D eigenvalue weighted by molar-refractivity contribution is 0.748. The fourth-order valence-corrected chi connectivity index (χ4v) is 2.84. The first-order valence-corrected chi connectivity index (χ1v) is 7.41. The highest BCUT2D eigenvalue weighted by Gasteiger charge is 2.04. The van der Waals surface area contributed by atoms with Gasteiger partial charge < -0.3 is 5.73 Å². The third-order valence-corrected chi connectivity index (χ3v) is 3.99. The fraction of sp³-hybridized carbons (Fsp3) is 0.250. The number of hydrogen-bond acceptors (Lipinski definition) is 2. The zero-order valence-electron chi connectivity index (χ0n) is 10.5. The van der Waals surface area contributed by atoms with Crippen LogP contribution in [0.3, 0.4) is 0 Å². The van der Waals surface area contributed by atoms with E-state index in [4.69, 9.17) is 5.73 Å². The molecule has 0 aliphatic heterocycles. The van der Waals surface area contributed by atoms with Gasteiger partial charge in [0.25, 0.3) is 0 Å². The minimum atomic E-state index is 0.237. The highest BCUT2D eigenvalue weighted by molar-refractivity contribution is 7.98. The largest absolute Gasteiger partial charge is 0.327 e. The van der Waals surface area contributed by atoms with E-state index in [0.717, 1.165) is 17.9 Å². The van der Waals surface area contributed by atoms with E-state index in [2.05, 4.69) is 54.6 Å². The standard InChI is InChI=1S/C16H19NS/c17-16(11-14-7-3-1-4-8-14)13-18-12-15-9-5-2-6-10-15/h1-10,16H,11-13,17H2/t16-/m0/s1. The summed E-state index contributed by atoms with van der Waals surface area (Å²) in [5.74, 6) is 2.05. The normalized spacial score (nSPS) is 12.3. The Morgan fingerprint density at radius 3 is 2.00 bits per heavy atom. The second-order valence-electron chi connectivity index (χ2n) is 4.45. The van der Waals surface area contributed by atoms with E-state index in [-0.39, 0.29) is 6.04 Å². The summed E-state index contributed by atoms with van der Waals surface area (Å²) < 4.78 is 0. The number of hydrogen-bond donors (Lipinski definition) is 1. The first kappa shape index (κ1) is 13.2. The van der Waals surface area contributed by atoms with Crippen LogP contribution in [0.15, 0.2) is 60.7 Å². The molecular weight excluding hydrogens is 238 g/mol. The van der Waals surface area contributed by atoms with Crippen LogP contribution < -0.4 is 5.73 Å². The van der Waals surface area contributed by atoms with E-state index in [9.17, 15) is 0 Å². The topological polar surface area (TPSA) is 26.0 Å². The molecule has 2 rings (SSSR count). The highest BCUT2D eigenvalue weighted by atomic mass is 32.2. The summed E-state index contributed by atoms with van der Waals surface area (Å²) in [6.45, 7) is 0. The van der Waals surface area contributed by atoms with Crippen molar-refractivity contribution in [3.63, 3.8) is 0 Å². The Morgan fingerprint density at radius 1 is 0.833 bits per heavy atom. The Morgan fingerprint density at radius 2 is 1.39 bits per heavy atom. The number of thioether (sulfide) groups is 1. The maximum Gasteiger partial charge on any atom is 0.0185 e. The molecule has 0 radical (unpaired) electrons. The smallest absolute Gasteiger partial charge is 0.0185 e. The third kappa shape index (κ3) is 4.55. The monoisotopic (exact) mass is 257 g/mol. The average molecular weight is 257 g/mol. The van der Waals surface area contributed by atoms with E-state index in [1.807, 2.05) is 17.8 Å². The van der Waals surface area contributed by atoms with Gasteiger partial charge in [-0.05, 0) is 17.5 Å². The van der Waals surface area contributed by atoms with Gasteiger partial charge in [-0.3, -0.25) is 0 Å². The van der Waals surface area contributed by atoms with Crippen LogP contribution in [-0.2, 0) is 12.2 Å². The molecule has 94 valence electrons. The molecule has 2 aromatic rings. The zero-order chi connectivity index (χ0) is 12.6. The molecule has 0 unspecified atom stereocenters. The quantitative estimate of drug-likeness (QED) is 0.857. The van der Waals surface area contributed by atoms with E-state index >= 15 is 0 Å². The predicted molar refractivity (Wildman–Crippen MR) is 80.7 cm³/mol. The maximum absolute atomic E-state index is 6.15. The number of rotatable bonds is 6. The van der Waals surface area contributed by atoms with E-state index < -0.39 is 0 Å². The summed E-state index contributed by atoms with van der Waals surface area (Å²) in [6, 6.07) is 21.2. The number of nitrogens with two attached hydrogens (primary N) is 1. The van der Waals surface area contributed by atoms with Crippen molar-refractivity contribution in [2.45, 2.75) is 18.2 Å². The van der Waals surface area contributed by atoms with Crippen molar-refractivity contribution in [1.82, 2.24) is 0 Å². The summed E-state index contributed by atoms with van der Waals surface area (Å²) in [6.07, 6.45) is 0.961. The molecule has 0 spiro atoms. The molecule has 0 aromatic heterocycles. The summed E-state index contributed by atoms with van der Waals surface area (Å²) in [4.78, 5) is 0. The summed E-state index contributed by atoms with van der Waals surface area (Å²) in [7, 11) is 0. The van der Waals surface area contributed by atoms with Crippen molar-refractivity contribution >= 4 is 11.8 Å². The number of benzene rings is 2. The molecule has 2 N–H and O–H groups in total. The molecule has 1 atom stereocenters. The molecule has 0 saturated carbocycles. The minimum absolute atomic E-state index is 0.237. The van der Waals surface area contributed by atoms with Crippen LogP contribution in [-0.4, -0.2) is 11.8 Å². The molecule has 0 saturated heterocycles. The molecular formula is C16H19NS. The lowest BCUT2D eigenvalue weighted by Crippen LogP contribution is -2.25. The average Bonchev–Trinajstić information content (AvgIpc) is 2.41. The Kier molecular flexibility index (Phi) is 5.31. The minimum Gasteiger partial charge on any atom is -0.327 e. The Labute approximate surface area is 113 Å². The first-order valence-electron chi connectivity index (χ1n) is 6.26. The fourth-order valence-electron chi connectivity index (χ4n) is 1.88. The van der Waals surface area contributed by atoms with Crippen LogP contribution in [0.1, 0.15) is 11.1 Å². The van der Waals surface area contributed by atoms with E-state index in [1.165, 1.54) is 11.1 Å². The Bertz CT molecular complexity index is 441. The van der Waals surface area contributed by atoms with Crippen molar-refractivity contribution in [2.24, 2.45) is 5.73 Å². The molecule has 0 fully saturated rings. The lowest BCUT2D eigenvalue weighted by atomic mass is 10.1. The predicted octanol–water partition coefficient (Wildman–Crippen LogP) is 3.49. The van der Waals surface area contributed by atoms with Crippen molar-refractivity contribution in [3.05, 3.63) is 71.8 Å². The van der Waals surface area contributed by atoms with E-state index in [0.29, 0.717) is 0 Å². The molecule has 2 heteroatoms. The van der Waals surface area contributed by atoms with Crippen LogP contribution in [0.4, 0.5) is 0 Å². The second kappa shape index (κ2) is 7.24. The van der Waals surface area contributed by atoms with Gasteiger partial charge in [0.1, 0.15) is 0 Å². The van der Waals surface area contributed by atoms with Gasteiger partial charge >= 0.3 is 0 Å². The van der Waals surface area contributed by atoms with Gasteiger partial charge in [0.15, 0.2) is 0 Å². The third-order valence-electron chi connectivity index (χ3n) is 2.78. The zero-order valence-corrected chi connectivity index (χ0v) is 11.3. The van der Waals surface area contributed by atoms with Crippen LogP contribution in [0, 0.1) is 0 Å². The Hall–Kier alpha value is -1.25.